The highest BCUT2D eigenvalue weighted by atomic mass is 79.9. The summed E-state index contributed by atoms with van der Waals surface area (Å²) in [5.74, 6) is -0.533. The number of nitrogens with zero attached hydrogens (tertiary/aromatic N) is 1. The van der Waals surface area contributed by atoms with Crippen molar-refractivity contribution < 1.29 is 14.0 Å². The fourth-order valence-electron chi connectivity index (χ4n) is 2.26. The van der Waals surface area contributed by atoms with Crippen LogP contribution in [-0.2, 0) is 16.2 Å². The summed E-state index contributed by atoms with van der Waals surface area (Å²) in [6.07, 6.45) is -0.212. The molecule has 0 aromatic heterocycles. The predicted molar refractivity (Wildman–Crippen MR) is 88.4 cm³/mol. The summed E-state index contributed by atoms with van der Waals surface area (Å²) in [5, 5.41) is 6.78. The Morgan fingerprint density at radius 3 is 2.83 bits per heavy atom. The van der Waals surface area contributed by atoms with Gasteiger partial charge in [0.15, 0.2) is 0 Å². The van der Waals surface area contributed by atoms with E-state index in [2.05, 4.69) is 26.4 Å². The first-order chi connectivity index (χ1) is 11.1. The second-order valence-corrected chi connectivity index (χ2v) is 6.11. The molecular formula is C17H14BrFN2O2. The van der Waals surface area contributed by atoms with E-state index in [1.165, 1.54) is 12.1 Å². The minimum absolute atomic E-state index is 0.233. The monoisotopic (exact) mass is 376 g/mol. The number of carbonyl (C=O) groups excluding carboxylic acids is 1. The van der Waals surface area contributed by atoms with Gasteiger partial charge in [0.05, 0.1) is 5.71 Å². The molecule has 0 aliphatic carbocycles. The lowest BCUT2D eigenvalue weighted by molar-refractivity contribution is -0.131. The Morgan fingerprint density at radius 1 is 1.30 bits per heavy atom. The van der Waals surface area contributed by atoms with Gasteiger partial charge in [-0.15, -0.1) is 0 Å². The van der Waals surface area contributed by atoms with Gasteiger partial charge in [-0.05, 0) is 29.8 Å². The molecule has 3 rings (SSSR count). The van der Waals surface area contributed by atoms with Crippen LogP contribution in [0.15, 0.2) is 58.2 Å². The maximum absolute atomic E-state index is 12.8. The molecule has 0 radical (unpaired) electrons. The summed E-state index contributed by atoms with van der Waals surface area (Å²) in [4.78, 5) is 17.4. The van der Waals surface area contributed by atoms with E-state index in [9.17, 15) is 9.18 Å². The molecule has 23 heavy (non-hydrogen) atoms. The summed E-state index contributed by atoms with van der Waals surface area (Å²) in [6.45, 7) is 0.325. The molecule has 1 atom stereocenters. The first-order valence-corrected chi connectivity index (χ1v) is 7.92. The molecule has 0 fully saturated rings. The van der Waals surface area contributed by atoms with Crippen molar-refractivity contribution in [2.45, 2.75) is 19.1 Å². The minimum Gasteiger partial charge on any atom is -0.382 e. The summed E-state index contributed by atoms with van der Waals surface area (Å²) >= 11 is 3.41. The number of hydrogen-bond acceptors (Lipinski definition) is 3. The zero-order chi connectivity index (χ0) is 16.2. The van der Waals surface area contributed by atoms with Crippen LogP contribution in [0.4, 0.5) is 4.39 Å². The Morgan fingerprint density at radius 2 is 2.09 bits per heavy atom. The van der Waals surface area contributed by atoms with Gasteiger partial charge >= 0.3 is 0 Å². The van der Waals surface area contributed by atoms with Crippen LogP contribution >= 0.6 is 15.9 Å². The second kappa shape index (κ2) is 6.91. The van der Waals surface area contributed by atoms with E-state index in [0.717, 1.165) is 21.3 Å². The minimum atomic E-state index is -0.635. The van der Waals surface area contributed by atoms with Gasteiger partial charge in [-0.3, -0.25) is 4.79 Å². The first-order valence-electron chi connectivity index (χ1n) is 7.12. The van der Waals surface area contributed by atoms with Crippen LogP contribution in [0.2, 0.25) is 0 Å². The molecule has 0 spiro atoms. The molecule has 1 amide bonds. The molecule has 1 aliphatic heterocycles. The summed E-state index contributed by atoms with van der Waals surface area (Å²) < 4.78 is 13.8. The summed E-state index contributed by atoms with van der Waals surface area (Å²) in [5.41, 5.74) is 2.49. The van der Waals surface area contributed by atoms with Crippen LogP contribution < -0.4 is 5.32 Å². The zero-order valence-electron chi connectivity index (χ0n) is 12.1. The normalized spacial score (nSPS) is 16.6. The van der Waals surface area contributed by atoms with Gasteiger partial charge < -0.3 is 10.2 Å². The summed E-state index contributed by atoms with van der Waals surface area (Å²) in [7, 11) is 0. The van der Waals surface area contributed by atoms with E-state index in [1.807, 2.05) is 24.3 Å². The zero-order valence-corrected chi connectivity index (χ0v) is 13.7. The van der Waals surface area contributed by atoms with Crippen LogP contribution in [0.25, 0.3) is 0 Å². The van der Waals surface area contributed by atoms with Crippen LogP contribution in [0.5, 0.6) is 0 Å². The van der Waals surface area contributed by atoms with Crippen molar-refractivity contribution in [3.8, 4) is 0 Å². The highest BCUT2D eigenvalue weighted by Crippen LogP contribution is 2.20. The average molecular weight is 377 g/mol. The van der Waals surface area contributed by atoms with E-state index < -0.39 is 6.10 Å². The van der Waals surface area contributed by atoms with E-state index >= 15 is 0 Å². The van der Waals surface area contributed by atoms with Crippen LogP contribution in [0.3, 0.4) is 0 Å². The van der Waals surface area contributed by atoms with Crippen LogP contribution in [0, 0.1) is 5.82 Å². The lowest BCUT2D eigenvalue weighted by atomic mass is 10.0. The van der Waals surface area contributed by atoms with Crippen molar-refractivity contribution in [2.75, 3.05) is 0 Å². The van der Waals surface area contributed by atoms with E-state index in [4.69, 9.17) is 4.84 Å². The van der Waals surface area contributed by atoms with Gasteiger partial charge in [-0.25, -0.2) is 4.39 Å². The molecule has 1 aliphatic rings. The number of rotatable bonds is 4. The largest absolute Gasteiger partial charge is 0.382 e. The predicted octanol–water partition coefficient (Wildman–Crippen LogP) is 3.40. The maximum Gasteiger partial charge on any atom is 0.264 e. The quantitative estimate of drug-likeness (QED) is 0.888. The van der Waals surface area contributed by atoms with E-state index in [-0.39, 0.29) is 11.7 Å². The third-order valence-corrected chi connectivity index (χ3v) is 3.99. The number of hydrogen-bond donors (Lipinski definition) is 1. The SMILES string of the molecule is O=C(NCc1ccc(F)cc1)[C@@H]1CC(c2cccc(Br)c2)=NO1. The van der Waals surface area contributed by atoms with Crippen molar-refractivity contribution in [1.29, 1.82) is 0 Å². The Labute approximate surface area is 141 Å². The van der Waals surface area contributed by atoms with E-state index in [0.29, 0.717) is 13.0 Å². The third kappa shape index (κ3) is 3.96. The molecule has 118 valence electrons. The van der Waals surface area contributed by atoms with Gasteiger partial charge in [0.1, 0.15) is 5.82 Å². The van der Waals surface area contributed by atoms with Crippen LogP contribution in [-0.4, -0.2) is 17.7 Å². The Kier molecular flexibility index (Phi) is 4.71. The smallest absolute Gasteiger partial charge is 0.264 e. The topological polar surface area (TPSA) is 50.7 Å². The second-order valence-electron chi connectivity index (χ2n) is 5.19. The first kappa shape index (κ1) is 15.7. The molecule has 1 heterocycles. The number of amides is 1. The van der Waals surface area contributed by atoms with Crippen LogP contribution in [0.1, 0.15) is 17.5 Å². The van der Waals surface area contributed by atoms with Crippen molar-refractivity contribution in [1.82, 2.24) is 5.32 Å². The van der Waals surface area contributed by atoms with Crippen molar-refractivity contribution in [3.63, 3.8) is 0 Å². The van der Waals surface area contributed by atoms with Gasteiger partial charge in [0, 0.05) is 23.0 Å². The van der Waals surface area contributed by atoms with Crippen molar-refractivity contribution in [2.24, 2.45) is 5.16 Å². The highest BCUT2D eigenvalue weighted by Gasteiger charge is 2.28. The summed E-state index contributed by atoms with van der Waals surface area (Å²) in [6, 6.07) is 13.7. The lowest BCUT2D eigenvalue weighted by Crippen LogP contribution is -2.34. The molecule has 2 aromatic rings. The van der Waals surface area contributed by atoms with Crippen molar-refractivity contribution in [3.05, 3.63) is 69.9 Å². The number of benzene rings is 2. The van der Waals surface area contributed by atoms with Crippen molar-refractivity contribution >= 4 is 27.5 Å². The molecule has 1 N–H and O–H groups in total. The highest BCUT2D eigenvalue weighted by molar-refractivity contribution is 9.10. The lowest BCUT2D eigenvalue weighted by Gasteiger charge is -2.09. The number of nitrogens with one attached hydrogen (secondary N) is 1. The average Bonchev–Trinajstić information content (AvgIpc) is 3.04. The van der Waals surface area contributed by atoms with Gasteiger partial charge in [-0.2, -0.15) is 0 Å². The molecular weight excluding hydrogens is 363 g/mol. The number of oxime groups is 1. The Hall–Kier alpha value is -2.21. The molecule has 0 saturated carbocycles. The van der Waals surface area contributed by atoms with Gasteiger partial charge in [-0.1, -0.05) is 45.4 Å². The maximum atomic E-state index is 12.8. The number of carbonyl (C=O) groups is 1. The standard InChI is InChI=1S/C17H14BrFN2O2/c18-13-3-1-2-12(8-13)15-9-16(23-21-15)17(22)20-10-11-4-6-14(19)7-5-11/h1-8,16H,9-10H2,(H,20,22)/t16-/m0/s1. The number of halogens is 2. The Balaban J connectivity index is 1.55. The molecule has 0 unspecified atom stereocenters. The molecule has 0 bridgehead atoms. The Bertz CT molecular complexity index is 747. The molecule has 4 nitrogen and oxygen atoms in total. The third-order valence-electron chi connectivity index (χ3n) is 3.50. The van der Waals surface area contributed by atoms with Gasteiger partial charge in [0.2, 0.25) is 6.10 Å². The molecule has 2 aromatic carbocycles. The fourth-order valence-corrected chi connectivity index (χ4v) is 2.66. The molecule has 6 heteroatoms. The fraction of sp³-hybridized carbons (Fsp3) is 0.176. The van der Waals surface area contributed by atoms with Gasteiger partial charge in [0.25, 0.3) is 5.91 Å². The molecule has 0 saturated heterocycles. The van der Waals surface area contributed by atoms with E-state index in [1.54, 1.807) is 12.1 Å².